The third-order valence-corrected chi connectivity index (χ3v) is 5.80. The van der Waals surface area contributed by atoms with E-state index in [0.717, 1.165) is 36.8 Å². The number of hydrogen-bond donors (Lipinski definition) is 0. The molecule has 1 fully saturated rings. The SMILES string of the molecule is COC(=O)[C@@]1(Cc2ccc(C#N)cc2)N=C(c2ccccc2)OC1=NC1CCCCC1. The number of nitrogens with zero attached hydrogens (tertiary/aromatic N) is 3. The molecule has 31 heavy (non-hydrogen) atoms. The second-order valence-corrected chi connectivity index (χ2v) is 7.95. The Bertz CT molecular complexity index is 1030. The molecular weight excluding hydrogens is 390 g/mol. The Kier molecular flexibility index (Phi) is 6.13. The van der Waals surface area contributed by atoms with E-state index in [2.05, 4.69) is 6.07 Å². The number of rotatable bonds is 5. The van der Waals surface area contributed by atoms with Crippen LogP contribution in [0, 0.1) is 11.3 Å². The maximum atomic E-state index is 13.1. The first-order valence-electron chi connectivity index (χ1n) is 10.6. The van der Waals surface area contributed by atoms with Gasteiger partial charge >= 0.3 is 5.97 Å². The second-order valence-electron chi connectivity index (χ2n) is 7.95. The molecule has 2 aliphatic rings. The number of hydrogen-bond acceptors (Lipinski definition) is 6. The van der Waals surface area contributed by atoms with Crippen LogP contribution in [0.1, 0.15) is 48.8 Å². The lowest BCUT2D eigenvalue weighted by molar-refractivity contribution is -0.144. The van der Waals surface area contributed by atoms with Crippen molar-refractivity contribution in [3.63, 3.8) is 0 Å². The van der Waals surface area contributed by atoms with Crippen LogP contribution in [0.2, 0.25) is 0 Å². The quantitative estimate of drug-likeness (QED) is 0.685. The lowest BCUT2D eigenvalue weighted by Gasteiger charge is -2.25. The second kappa shape index (κ2) is 9.13. The van der Waals surface area contributed by atoms with E-state index in [0.29, 0.717) is 17.4 Å². The molecule has 2 aromatic carbocycles. The lowest BCUT2D eigenvalue weighted by Crippen LogP contribution is -2.46. The molecule has 2 aromatic rings. The van der Waals surface area contributed by atoms with Crippen molar-refractivity contribution in [1.82, 2.24) is 0 Å². The Morgan fingerprint density at radius 2 is 1.87 bits per heavy atom. The first kappa shape index (κ1) is 20.8. The van der Waals surface area contributed by atoms with E-state index in [1.54, 1.807) is 12.1 Å². The van der Waals surface area contributed by atoms with Gasteiger partial charge in [-0.05, 0) is 42.7 Å². The van der Waals surface area contributed by atoms with Crippen LogP contribution in [0.3, 0.4) is 0 Å². The minimum absolute atomic E-state index is 0.110. The summed E-state index contributed by atoms with van der Waals surface area (Å²) in [6, 6.07) is 18.9. The van der Waals surface area contributed by atoms with Crippen LogP contribution < -0.4 is 0 Å². The molecule has 0 aromatic heterocycles. The molecule has 0 spiro atoms. The molecule has 1 saturated carbocycles. The first-order chi connectivity index (χ1) is 15.1. The fourth-order valence-electron chi connectivity index (χ4n) is 4.11. The molecule has 0 amide bonds. The van der Waals surface area contributed by atoms with Crippen molar-refractivity contribution in [3.8, 4) is 6.07 Å². The van der Waals surface area contributed by atoms with Crippen molar-refractivity contribution in [1.29, 1.82) is 5.26 Å². The number of methoxy groups -OCH3 is 1. The summed E-state index contributed by atoms with van der Waals surface area (Å²) in [7, 11) is 1.36. The predicted molar refractivity (Wildman–Crippen MR) is 118 cm³/mol. The van der Waals surface area contributed by atoms with E-state index in [1.165, 1.54) is 13.5 Å². The van der Waals surface area contributed by atoms with Gasteiger partial charge in [0.1, 0.15) is 0 Å². The lowest BCUT2D eigenvalue weighted by atomic mass is 9.90. The molecule has 6 nitrogen and oxygen atoms in total. The predicted octanol–water partition coefficient (Wildman–Crippen LogP) is 4.22. The zero-order valence-electron chi connectivity index (χ0n) is 17.6. The molecule has 0 saturated heterocycles. The van der Waals surface area contributed by atoms with Crippen molar-refractivity contribution in [3.05, 3.63) is 71.3 Å². The molecule has 4 rings (SSSR count). The molecule has 6 heteroatoms. The zero-order chi connectivity index (χ0) is 21.7. The van der Waals surface area contributed by atoms with Gasteiger partial charge in [0.2, 0.25) is 17.3 Å². The zero-order valence-corrected chi connectivity index (χ0v) is 17.6. The molecule has 158 valence electrons. The van der Waals surface area contributed by atoms with Crippen LogP contribution in [-0.2, 0) is 20.7 Å². The number of benzene rings is 2. The highest BCUT2D eigenvalue weighted by Gasteiger charge is 2.52. The van der Waals surface area contributed by atoms with Crippen LogP contribution in [0.4, 0.5) is 0 Å². The highest BCUT2D eigenvalue weighted by atomic mass is 16.5. The Hall–Kier alpha value is -3.46. The normalized spacial score (nSPS) is 22.5. The van der Waals surface area contributed by atoms with Gasteiger partial charge in [0.05, 0.1) is 24.8 Å². The summed E-state index contributed by atoms with van der Waals surface area (Å²) < 4.78 is 11.4. The van der Waals surface area contributed by atoms with E-state index in [4.69, 9.17) is 24.7 Å². The van der Waals surface area contributed by atoms with E-state index in [-0.39, 0.29) is 12.5 Å². The average Bonchev–Trinajstić information content (AvgIpc) is 3.19. The molecule has 0 bridgehead atoms. The van der Waals surface area contributed by atoms with Crippen LogP contribution in [0.25, 0.3) is 0 Å². The molecule has 1 heterocycles. The number of ether oxygens (including phenoxy) is 2. The van der Waals surface area contributed by atoms with Crippen LogP contribution in [0.15, 0.2) is 64.6 Å². The van der Waals surface area contributed by atoms with Crippen molar-refractivity contribution >= 4 is 17.8 Å². The fraction of sp³-hybridized carbons (Fsp3) is 0.360. The van der Waals surface area contributed by atoms with E-state index in [9.17, 15) is 4.79 Å². The molecular formula is C25H25N3O3. The molecule has 1 aliphatic carbocycles. The van der Waals surface area contributed by atoms with Gasteiger partial charge in [0.15, 0.2) is 0 Å². The number of esters is 1. The Labute approximate surface area is 182 Å². The van der Waals surface area contributed by atoms with Crippen LogP contribution >= 0.6 is 0 Å². The largest absolute Gasteiger partial charge is 0.467 e. The maximum Gasteiger partial charge on any atom is 0.344 e. The summed E-state index contributed by atoms with van der Waals surface area (Å²) in [5, 5.41) is 9.09. The van der Waals surface area contributed by atoms with Crippen LogP contribution in [0.5, 0.6) is 0 Å². The minimum atomic E-state index is -1.38. The summed E-state index contributed by atoms with van der Waals surface area (Å²) in [5.74, 6) is 0.168. The number of carbonyl (C=O) groups is 1. The number of aliphatic imine (C=N–C) groups is 2. The molecule has 1 aliphatic heterocycles. The minimum Gasteiger partial charge on any atom is -0.467 e. The van der Waals surface area contributed by atoms with Crippen molar-refractivity contribution in [2.24, 2.45) is 9.98 Å². The molecule has 1 atom stereocenters. The third-order valence-electron chi connectivity index (χ3n) is 5.80. The monoisotopic (exact) mass is 415 g/mol. The van der Waals surface area contributed by atoms with Gasteiger partial charge in [-0.25, -0.2) is 14.8 Å². The number of nitriles is 1. The molecule has 0 N–H and O–H groups in total. The van der Waals surface area contributed by atoms with Gasteiger partial charge < -0.3 is 9.47 Å². The van der Waals surface area contributed by atoms with Gasteiger partial charge in [0, 0.05) is 12.0 Å². The van der Waals surface area contributed by atoms with Gasteiger partial charge in [0.25, 0.3) is 0 Å². The van der Waals surface area contributed by atoms with Gasteiger partial charge in [-0.2, -0.15) is 5.26 Å². The highest BCUT2D eigenvalue weighted by Crippen LogP contribution is 2.32. The standard InChI is InChI=1S/C25H25N3O3/c1-30-24(29)25(16-18-12-14-19(17-26)15-13-18)23(27-21-10-6-3-7-11-21)31-22(28-25)20-8-4-2-5-9-20/h2,4-5,8-9,12-15,21H,3,6-7,10-11,16H2,1H3/t25-/m0/s1. The summed E-state index contributed by atoms with van der Waals surface area (Å²) in [6.45, 7) is 0. The summed E-state index contributed by atoms with van der Waals surface area (Å²) >= 11 is 0. The Balaban J connectivity index is 1.78. The van der Waals surface area contributed by atoms with Crippen molar-refractivity contribution < 1.29 is 14.3 Å². The van der Waals surface area contributed by atoms with E-state index in [1.807, 2.05) is 42.5 Å². The Morgan fingerprint density at radius 3 is 2.52 bits per heavy atom. The number of carbonyl (C=O) groups excluding carboxylic acids is 1. The fourth-order valence-corrected chi connectivity index (χ4v) is 4.11. The summed E-state index contributed by atoms with van der Waals surface area (Å²) in [4.78, 5) is 22.8. The smallest absolute Gasteiger partial charge is 0.344 e. The highest BCUT2D eigenvalue weighted by molar-refractivity contribution is 6.19. The van der Waals surface area contributed by atoms with Gasteiger partial charge in [-0.15, -0.1) is 0 Å². The maximum absolute atomic E-state index is 13.1. The molecule has 0 unspecified atom stereocenters. The molecule has 0 radical (unpaired) electrons. The summed E-state index contributed by atoms with van der Waals surface area (Å²) in [5.41, 5.74) is 0.806. The van der Waals surface area contributed by atoms with Gasteiger partial charge in [-0.1, -0.05) is 49.6 Å². The summed E-state index contributed by atoms with van der Waals surface area (Å²) in [6.07, 6.45) is 5.64. The van der Waals surface area contributed by atoms with E-state index < -0.39 is 11.5 Å². The Morgan fingerprint density at radius 1 is 1.16 bits per heavy atom. The first-order valence-corrected chi connectivity index (χ1v) is 10.6. The van der Waals surface area contributed by atoms with E-state index >= 15 is 0 Å². The third kappa shape index (κ3) is 4.36. The van der Waals surface area contributed by atoms with Crippen molar-refractivity contribution in [2.45, 2.75) is 50.1 Å². The van der Waals surface area contributed by atoms with Crippen LogP contribution in [-0.4, -0.2) is 36.5 Å². The average molecular weight is 415 g/mol. The van der Waals surface area contributed by atoms with Gasteiger partial charge in [-0.3, -0.25) is 0 Å². The topological polar surface area (TPSA) is 84.0 Å². The van der Waals surface area contributed by atoms with Crippen molar-refractivity contribution in [2.75, 3.05) is 7.11 Å².